The predicted octanol–water partition coefficient (Wildman–Crippen LogP) is 1.17. The van der Waals surface area contributed by atoms with E-state index in [9.17, 15) is 18.3 Å². The Morgan fingerprint density at radius 3 is 2.45 bits per heavy atom. The summed E-state index contributed by atoms with van der Waals surface area (Å²) in [5.74, 6) is 0. The maximum absolute atomic E-state index is 12.0. The van der Waals surface area contributed by atoms with Gasteiger partial charge in [0.05, 0.1) is 36.8 Å². The van der Waals surface area contributed by atoms with E-state index in [-0.39, 0.29) is 13.2 Å². The van der Waals surface area contributed by atoms with E-state index in [1.54, 1.807) is 0 Å². The molecule has 9 heteroatoms. The summed E-state index contributed by atoms with van der Waals surface area (Å²) in [5, 5.41) is 13.5. The Labute approximate surface area is 129 Å². The number of carboxylic acid groups (broad SMARTS) is 1. The monoisotopic (exact) mass is 331 g/mol. The average Bonchev–Trinajstić information content (AvgIpc) is 2.84. The Hall–Kier alpha value is -1.61. The Balaban J connectivity index is 2.71. The molecule has 1 unspecified atom stereocenters. The van der Waals surface area contributed by atoms with Crippen LogP contribution in [0.25, 0.3) is 0 Å². The summed E-state index contributed by atoms with van der Waals surface area (Å²) < 4.78 is 30.2. The first kappa shape index (κ1) is 16.8. The number of aromatic nitrogens is 2. The van der Waals surface area contributed by atoms with Gasteiger partial charge < -0.3 is 9.84 Å². The molecule has 2 heterocycles. The van der Waals surface area contributed by atoms with E-state index >= 15 is 0 Å². The first-order chi connectivity index (χ1) is 9.98. The van der Waals surface area contributed by atoms with Crippen LogP contribution < -0.4 is 0 Å². The number of nitrogens with zero attached hydrogens (tertiary/aromatic N) is 3. The molecule has 1 N–H and O–H groups in total. The standard InChI is InChI=1S/C13H21N3O5S/c1-13(2,3)11-10-8(14-16(11)22(5,19)20)6-15(12(17)18)9(10)7-21-4/h9H,6-7H2,1-5H3,(H,17,18). The third-order valence-corrected chi connectivity index (χ3v) is 4.49. The number of methoxy groups -OCH3 is 1. The molecule has 1 amide bonds. The van der Waals surface area contributed by atoms with Gasteiger partial charge in [-0.05, 0) is 0 Å². The minimum atomic E-state index is -3.57. The summed E-state index contributed by atoms with van der Waals surface area (Å²) in [5.41, 5.74) is 1.11. The second-order valence-corrected chi connectivity index (χ2v) is 8.26. The lowest BCUT2D eigenvalue weighted by Crippen LogP contribution is -2.33. The van der Waals surface area contributed by atoms with E-state index in [4.69, 9.17) is 4.74 Å². The summed E-state index contributed by atoms with van der Waals surface area (Å²) >= 11 is 0. The van der Waals surface area contributed by atoms with Gasteiger partial charge in [0.25, 0.3) is 10.0 Å². The minimum absolute atomic E-state index is 0.0598. The molecular weight excluding hydrogens is 310 g/mol. The predicted molar refractivity (Wildman–Crippen MR) is 79.4 cm³/mol. The fourth-order valence-electron chi connectivity index (χ4n) is 2.81. The second-order valence-electron chi connectivity index (χ2n) is 6.45. The summed E-state index contributed by atoms with van der Waals surface area (Å²) in [6, 6.07) is -0.553. The Morgan fingerprint density at radius 1 is 1.45 bits per heavy atom. The van der Waals surface area contributed by atoms with Gasteiger partial charge in [-0.2, -0.15) is 9.19 Å². The van der Waals surface area contributed by atoms with Crippen LogP contribution in [0.15, 0.2) is 0 Å². The molecule has 1 aromatic heterocycles. The van der Waals surface area contributed by atoms with Crippen molar-refractivity contribution in [2.24, 2.45) is 0 Å². The van der Waals surface area contributed by atoms with Crippen LogP contribution in [-0.2, 0) is 26.7 Å². The largest absolute Gasteiger partial charge is 0.465 e. The lowest BCUT2D eigenvalue weighted by atomic mass is 9.87. The molecule has 1 aliphatic rings. The highest BCUT2D eigenvalue weighted by molar-refractivity contribution is 7.89. The topological polar surface area (TPSA) is 102 Å². The number of amides is 1. The fraction of sp³-hybridized carbons (Fsp3) is 0.692. The van der Waals surface area contributed by atoms with E-state index in [1.165, 1.54) is 12.0 Å². The van der Waals surface area contributed by atoms with Crippen LogP contribution in [0.2, 0.25) is 0 Å². The van der Waals surface area contributed by atoms with Crippen LogP contribution in [0.1, 0.15) is 43.8 Å². The summed E-state index contributed by atoms with van der Waals surface area (Å²) in [7, 11) is -2.09. The highest BCUT2D eigenvalue weighted by Crippen LogP contribution is 2.41. The van der Waals surface area contributed by atoms with Gasteiger partial charge in [0.1, 0.15) is 0 Å². The molecule has 8 nitrogen and oxygen atoms in total. The van der Waals surface area contributed by atoms with E-state index in [0.29, 0.717) is 17.0 Å². The molecule has 2 rings (SSSR count). The fourth-order valence-corrected chi connectivity index (χ4v) is 3.76. The van der Waals surface area contributed by atoms with Crippen molar-refractivity contribution in [2.75, 3.05) is 20.0 Å². The quantitative estimate of drug-likeness (QED) is 0.892. The van der Waals surface area contributed by atoms with E-state index in [2.05, 4.69) is 5.10 Å². The molecule has 0 aromatic carbocycles. The molecule has 0 fully saturated rings. The van der Waals surface area contributed by atoms with Crippen LogP contribution in [0.4, 0.5) is 4.79 Å². The first-order valence-corrected chi connectivity index (χ1v) is 8.64. The van der Waals surface area contributed by atoms with Crippen LogP contribution in [0.5, 0.6) is 0 Å². The van der Waals surface area contributed by atoms with Crippen molar-refractivity contribution in [1.29, 1.82) is 0 Å². The van der Waals surface area contributed by atoms with Gasteiger partial charge in [0.2, 0.25) is 0 Å². The Morgan fingerprint density at radius 2 is 2.05 bits per heavy atom. The molecule has 0 saturated carbocycles. The van der Waals surface area contributed by atoms with Crippen molar-refractivity contribution in [3.63, 3.8) is 0 Å². The van der Waals surface area contributed by atoms with Crippen LogP contribution in [0.3, 0.4) is 0 Å². The molecular formula is C13H21N3O5S. The van der Waals surface area contributed by atoms with Gasteiger partial charge in [0, 0.05) is 18.1 Å². The molecule has 1 atom stereocenters. The van der Waals surface area contributed by atoms with Crippen molar-refractivity contribution < 1.29 is 23.1 Å². The van der Waals surface area contributed by atoms with E-state index < -0.39 is 27.6 Å². The normalized spacial score (nSPS) is 18.6. The zero-order chi connectivity index (χ0) is 16.9. The maximum Gasteiger partial charge on any atom is 0.408 e. The van der Waals surface area contributed by atoms with Crippen molar-refractivity contribution in [3.05, 3.63) is 17.0 Å². The van der Waals surface area contributed by atoms with Gasteiger partial charge in [0.15, 0.2) is 0 Å². The summed E-state index contributed by atoms with van der Waals surface area (Å²) in [6.07, 6.45) is 0.0100. The van der Waals surface area contributed by atoms with Crippen molar-refractivity contribution in [3.8, 4) is 0 Å². The Bertz CT molecular complexity index is 702. The highest BCUT2D eigenvalue weighted by Gasteiger charge is 2.43. The van der Waals surface area contributed by atoms with E-state index in [0.717, 1.165) is 10.3 Å². The maximum atomic E-state index is 12.0. The molecule has 1 aromatic rings. The Kier molecular flexibility index (Phi) is 3.99. The van der Waals surface area contributed by atoms with Gasteiger partial charge in [-0.25, -0.2) is 13.2 Å². The number of hydrogen-bond donors (Lipinski definition) is 1. The lowest BCUT2D eigenvalue weighted by Gasteiger charge is -2.27. The smallest absolute Gasteiger partial charge is 0.408 e. The first-order valence-electron chi connectivity index (χ1n) is 6.79. The van der Waals surface area contributed by atoms with E-state index in [1.807, 2.05) is 20.8 Å². The zero-order valence-electron chi connectivity index (χ0n) is 13.3. The van der Waals surface area contributed by atoms with Crippen molar-refractivity contribution >= 4 is 16.1 Å². The molecule has 22 heavy (non-hydrogen) atoms. The molecule has 0 bridgehead atoms. The third kappa shape index (κ3) is 2.70. The molecule has 0 radical (unpaired) electrons. The number of carbonyl (C=O) groups is 1. The molecule has 124 valence electrons. The van der Waals surface area contributed by atoms with Crippen LogP contribution in [-0.4, -0.2) is 53.7 Å². The lowest BCUT2D eigenvalue weighted by molar-refractivity contribution is 0.0846. The molecule has 0 aliphatic carbocycles. The minimum Gasteiger partial charge on any atom is -0.465 e. The van der Waals surface area contributed by atoms with Gasteiger partial charge >= 0.3 is 6.09 Å². The summed E-state index contributed by atoms with van der Waals surface area (Å²) in [4.78, 5) is 12.6. The highest BCUT2D eigenvalue weighted by atomic mass is 32.2. The molecule has 1 aliphatic heterocycles. The van der Waals surface area contributed by atoms with Gasteiger partial charge in [-0.1, -0.05) is 20.8 Å². The molecule has 0 spiro atoms. The van der Waals surface area contributed by atoms with Crippen LogP contribution in [0, 0.1) is 0 Å². The van der Waals surface area contributed by atoms with Crippen LogP contribution >= 0.6 is 0 Å². The van der Waals surface area contributed by atoms with Gasteiger partial charge in [-0.3, -0.25) is 4.90 Å². The second kappa shape index (κ2) is 5.24. The van der Waals surface area contributed by atoms with Gasteiger partial charge in [-0.15, -0.1) is 0 Å². The summed E-state index contributed by atoms with van der Waals surface area (Å²) in [6.45, 7) is 5.83. The number of rotatable bonds is 3. The molecule has 0 saturated heterocycles. The number of fused-ring (bicyclic) bond motifs is 1. The SMILES string of the molecule is COCC1c2c(nn(S(C)(=O)=O)c2C(C)(C)C)CN1C(=O)O. The third-order valence-electron chi connectivity index (χ3n) is 3.59. The number of hydrogen-bond acceptors (Lipinski definition) is 5. The number of ether oxygens (including phenoxy) is 1. The van der Waals surface area contributed by atoms with Crippen molar-refractivity contribution in [2.45, 2.75) is 38.8 Å². The van der Waals surface area contributed by atoms with Crippen molar-refractivity contribution in [1.82, 2.24) is 14.1 Å². The average molecular weight is 331 g/mol. The zero-order valence-corrected chi connectivity index (χ0v) is 14.1.